The molecular weight excluding hydrogens is 253 g/mol. The molecule has 0 aromatic rings. The fourth-order valence-corrected chi connectivity index (χ4v) is 3.16. The highest BCUT2D eigenvalue weighted by atomic mass is 19.4. The molecule has 2 aliphatic rings. The first kappa shape index (κ1) is 15.1. The van der Waals surface area contributed by atoms with Crippen molar-refractivity contribution in [2.45, 2.75) is 63.7 Å². The van der Waals surface area contributed by atoms with Crippen LogP contribution in [0, 0.1) is 5.92 Å². The van der Waals surface area contributed by atoms with E-state index in [1.165, 1.54) is 12.8 Å². The molecule has 1 aliphatic heterocycles. The van der Waals surface area contributed by atoms with Crippen LogP contribution in [-0.4, -0.2) is 42.3 Å². The fraction of sp³-hybridized carbons (Fsp3) is 1.00. The molecule has 2 atom stereocenters. The van der Waals surface area contributed by atoms with Crippen LogP contribution in [0.1, 0.15) is 46.0 Å². The molecule has 0 radical (unpaired) electrons. The molecule has 19 heavy (non-hydrogen) atoms. The lowest BCUT2D eigenvalue weighted by Crippen LogP contribution is -2.51. The molecule has 1 heterocycles. The smallest absolute Gasteiger partial charge is 0.310 e. The number of rotatable bonds is 4. The largest absolute Gasteiger partial charge is 0.389 e. The topological polar surface area (TPSA) is 15.3 Å². The van der Waals surface area contributed by atoms with Gasteiger partial charge in [-0.15, -0.1) is 0 Å². The first-order valence-electron chi connectivity index (χ1n) is 7.36. The van der Waals surface area contributed by atoms with Crippen LogP contribution in [0.5, 0.6) is 0 Å². The lowest BCUT2D eigenvalue weighted by Gasteiger charge is -2.36. The van der Waals surface area contributed by atoms with Crippen LogP contribution in [0.2, 0.25) is 0 Å². The van der Waals surface area contributed by atoms with Gasteiger partial charge in [0, 0.05) is 24.5 Å². The van der Waals surface area contributed by atoms with E-state index in [1.807, 2.05) is 0 Å². The van der Waals surface area contributed by atoms with Crippen molar-refractivity contribution in [3.8, 4) is 0 Å². The first-order chi connectivity index (χ1) is 8.80. The Hall–Kier alpha value is -0.290. The Morgan fingerprint density at radius 1 is 1.26 bits per heavy atom. The maximum atomic E-state index is 12.2. The third-order valence-electron chi connectivity index (χ3n) is 4.63. The molecule has 2 fully saturated rings. The van der Waals surface area contributed by atoms with Crippen molar-refractivity contribution in [3.63, 3.8) is 0 Å². The van der Waals surface area contributed by atoms with E-state index in [4.69, 9.17) is 0 Å². The minimum atomic E-state index is -4.02. The van der Waals surface area contributed by atoms with E-state index in [0.717, 1.165) is 19.5 Å². The molecule has 5 heteroatoms. The number of halogens is 3. The van der Waals surface area contributed by atoms with Crippen LogP contribution in [-0.2, 0) is 0 Å². The normalized spacial score (nSPS) is 34.3. The molecule has 0 bridgehead atoms. The molecule has 0 amide bonds. The molecule has 112 valence electrons. The van der Waals surface area contributed by atoms with E-state index in [-0.39, 0.29) is 12.0 Å². The van der Waals surface area contributed by atoms with E-state index >= 15 is 0 Å². The molecule has 1 aliphatic carbocycles. The summed E-state index contributed by atoms with van der Waals surface area (Å²) >= 11 is 0. The van der Waals surface area contributed by atoms with Gasteiger partial charge >= 0.3 is 6.18 Å². The van der Waals surface area contributed by atoms with E-state index in [1.54, 1.807) is 0 Å². The van der Waals surface area contributed by atoms with Gasteiger partial charge in [0.1, 0.15) is 0 Å². The van der Waals surface area contributed by atoms with Gasteiger partial charge in [-0.25, -0.2) is 0 Å². The Kier molecular flexibility index (Phi) is 4.45. The average Bonchev–Trinajstić information content (AvgIpc) is 3.08. The molecule has 2 unspecified atom stereocenters. The molecular formula is C14H25F3N2. The molecule has 0 aromatic carbocycles. The van der Waals surface area contributed by atoms with Crippen molar-refractivity contribution in [2.24, 2.45) is 5.92 Å². The Morgan fingerprint density at radius 3 is 2.53 bits per heavy atom. The standard InChI is InChI=1S/C14H25F3N2/c1-11-6-8-18-13(2,12-4-5-12)10-19(11)9-3-7-14(15,16)17/h11-12,18H,3-10H2,1-2H3. The van der Waals surface area contributed by atoms with Crippen LogP contribution < -0.4 is 5.32 Å². The number of nitrogens with one attached hydrogen (secondary N) is 1. The van der Waals surface area contributed by atoms with Crippen LogP contribution in [0.25, 0.3) is 0 Å². The van der Waals surface area contributed by atoms with Crippen molar-refractivity contribution in [3.05, 3.63) is 0 Å². The quantitative estimate of drug-likeness (QED) is 0.849. The van der Waals surface area contributed by atoms with E-state index < -0.39 is 12.6 Å². The SMILES string of the molecule is CC1CCNC(C)(C2CC2)CN1CCCC(F)(F)F. The summed E-state index contributed by atoms with van der Waals surface area (Å²) in [6, 6.07) is 0.376. The number of alkyl halides is 3. The highest BCUT2D eigenvalue weighted by Crippen LogP contribution is 2.41. The maximum Gasteiger partial charge on any atom is 0.389 e. The third-order valence-corrected chi connectivity index (χ3v) is 4.63. The summed E-state index contributed by atoms with van der Waals surface area (Å²) in [5.74, 6) is 0.711. The number of hydrogen-bond donors (Lipinski definition) is 1. The van der Waals surface area contributed by atoms with Crippen LogP contribution in [0.4, 0.5) is 13.2 Å². The van der Waals surface area contributed by atoms with Crippen LogP contribution in [0.15, 0.2) is 0 Å². The minimum absolute atomic E-state index is 0.100. The summed E-state index contributed by atoms with van der Waals surface area (Å²) in [7, 11) is 0. The molecule has 1 N–H and O–H groups in total. The second-order valence-corrected chi connectivity index (χ2v) is 6.45. The summed E-state index contributed by atoms with van der Waals surface area (Å²) in [4.78, 5) is 2.25. The van der Waals surface area contributed by atoms with E-state index in [2.05, 4.69) is 24.1 Å². The number of nitrogens with zero attached hydrogens (tertiary/aromatic N) is 1. The van der Waals surface area contributed by atoms with Crippen molar-refractivity contribution in [1.29, 1.82) is 0 Å². The summed E-state index contributed by atoms with van der Waals surface area (Å²) in [5.41, 5.74) is 0.100. The van der Waals surface area contributed by atoms with Crippen molar-refractivity contribution < 1.29 is 13.2 Å². The summed E-state index contributed by atoms with van der Waals surface area (Å²) in [6.45, 7) is 6.79. The van der Waals surface area contributed by atoms with Gasteiger partial charge in [0.25, 0.3) is 0 Å². The number of hydrogen-bond acceptors (Lipinski definition) is 2. The summed E-state index contributed by atoms with van der Waals surface area (Å²) in [6.07, 6.45) is -0.928. The molecule has 0 spiro atoms. The average molecular weight is 278 g/mol. The van der Waals surface area contributed by atoms with E-state index in [9.17, 15) is 13.2 Å². The van der Waals surface area contributed by atoms with Gasteiger partial charge < -0.3 is 5.32 Å². The Morgan fingerprint density at radius 2 is 1.95 bits per heavy atom. The van der Waals surface area contributed by atoms with Crippen LogP contribution >= 0.6 is 0 Å². The van der Waals surface area contributed by atoms with Gasteiger partial charge in [-0.05, 0) is 58.5 Å². The third kappa shape index (κ3) is 4.35. The molecule has 1 saturated carbocycles. The minimum Gasteiger partial charge on any atom is -0.310 e. The fourth-order valence-electron chi connectivity index (χ4n) is 3.16. The first-order valence-corrected chi connectivity index (χ1v) is 7.36. The zero-order valence-corrected chi connectivity index (χ0v) is 11.9. The van der Waals surface area contributed by atoms with Gasteiger partial charge in [-0.1, -0.05) is 0 Å². The zero-order valence-electron chi connectivity index (χ0n) is 11.9. The molecule has 2 nitrogen and oxygen atoms in total. The van der Waals surface area contributed by atoms with Gasteiger partial charge in [-0.2, -0.15) is 13.2 Å². The molecule has 0 aromatic heterocycles. The highest BCUT2D eigenvalue weighted by Gasteiger charge is 2.43. The second kappa shape index (κ2) is 5.60. The van der Waals surface area contributed by atoms with E-state index in [0.29, 0.717) is 18.5 Å². The zero-order chi connectivity index (χ0) is 14.1. The Labute approximate surface area is 113 Å². The van der Waals surface area contributed by atoms with Gasteiger partial charge in [0.15, 0.2) is 0 Å². The lowest BCUT2D eigenvalue weighted by molar-refractivity contribution is -0.136. The summed E-state index contributed by atoms with van der Waals surface area (Å²) in [5, 5.41) is 3.62. The second-order valence-electron chi connectivity index (χ2n) is 6.45. The monoisotopic (exact) mass is 278 g/mol. The highest BCUT2D eigenvalue weighted by molar-refractivity contribution is 5.01. The Bertz CT molecular complexity index is 302. The van der Waals surface area contributed by atoms with Gasteiger partial charge in [0.2, 0.25) is 0 Å². The predicted octanol–water partition coefficient (Wildman–Crippen LogP) is 3.18. The van der Waals surface area contributed by atoms with Gasteiger partial charge in [-0.3, -0.25) is 4.90 Å². The molecule has 2 rings (SSSR count). The Balaban J connectivity index is 1.88. The van der Waals surface area contributed by atoms with Crippen molar-refractivity contribution >= 4 is 0 Å². The molecule has 1 saturated heterocycles. The van der Waals surface area contributed by atoms with Crippen molar-refractivity contribution in [2.75, 3.05) is 19.6 Å². The maximum absolute atomic E-state index is 12.2. The van der Waals surface area contributed by atoms with Gasteiger partial charge in [0.05, 0.1) is 0 Å². The summed E-state index contributed by atoms with van der Waals surface area (Å²) < 4.78 is 36.7. The van der Waals surface area contributed by atoms with Crippen LogP contribution in [0.3, 0.4) is 0 Å². The van der Waals surface area contributed by atoms with Crippen molar-refractivity contribution in [1.82, 2.24) is 10.2 Å². The predicted molar refractivity (Wildman–Crippen MR) is 70.1 cm³/mol. The lowest BCUT2D eigenvalue weighted by atomic mass is 9.95.